The van der Waals surface area contributed by atoms with Crippen molar-refractivity contribution >= 4 is 0 Å². The highest BCUT2D eigenvalue weighted by Gasteiger charge is 2.18. The summed E-state index contributed by atoms with van der Waals surface area (Å²) in [4.78, 5) is 8.49. The van der Waals surface area contributed by atoms with Gasteiger partial charge in [0.15, 0.2) is 5.82 Å². The normalized spacial score (nSPS) is 19.7. The van der Waals surface area contributed by atoms with Gasteiger partial charge in [0.1, 0.15) is 5.75 Å². The van der Waals surface area contributed by atoms with Crippen LogP contribution in [0.3, 0.4) is 0 Å². The lowest BCUT2D eigenvalue weighted by Gasteiger charge is -2.24. The molecular weight excluding hydrogens is 354 g/mol. The summed E-state index contributed by atoms with van der Waals surface area (Å²) < 4.78 is 39.7. The zero-order valence-corrected chi connectivity index (χ0v) is 14.6. The Morgan fingerprint density at radius 2 is 1.81 bits per heavy atom. The predicted molar refractivity (Wildman–Crippen MR) is 95.0 cm³/mol. The monoisotopic (exact) mass is 372 g/mol. The van der Waals surface area contributed by atoms with Crippen LogP contribution in [0.25, 0.3) is 11.4 Å². The van der Waals surface area contributed by atoms with Crippen LogP contribution in [-0.2, 0) is 9.47 Å². The van der Waals surface area contributed by atoms with E-state index >= 15 is 0 Å². The second-order valence-corrected chi connectivity index (χ2v) is 5.75. The first-order chi connectivity index (χ1) is 13.1. The summed E-state index contributed by atoms with van der Waals surface area (Å²) >= 11 is 0. The van der Waals surface area contributed by atoms with Gasteiger partial charge in [-0.15, -0.1) is 0 Å². The van der Waals surface area contributed by atoms with E-state index in [1.165, 1.54) is 12.1 Å². The molecule has 0 unspecified atom stereocenters. The Hall–Kier alpha value is -2.82. The van der Waals surface area contributed by atoms with Crippen LogP contribution >= 0.6 is 0 Å². The van der Waals surface area contributed by atoms with Crippen molar-refractivity contribution in [3.05, 3.63) is 54.4 Å². The number of aromatic nitrogens is 2. The molecule has 0 saturated carbocycles. The molecule has 0 aliphatic carbocycles. The Morgan fingerprint density at radius 1 is 1.15 bits per heavy atom. The van der Waals surface area contributed by atoms with E-state index in [1.54, 1.807) is 24.5 Å². The molecule has 2 aromatic rings. The zero-order chi connectivity index (χ0) is 19.1. The molecule has 0 radical (unpaired) electrons. The van der Waals surface area contributed by atoms with Crippen LogP contribution in [0.4, 0.5) is 8.78 Å². The van der Waals surface area contributed by atoms with E-state index in [0.29, 0.717) is 30.2 Å². The summed E-state index contributed by atoms with van der Waals surface area (Å²) in [6.45, 7) is 0.256. The minimum absolute atomic E-state index is 0.0837. The maximum atomic E-state index is 12.2. The van der Waals surface area contributed by atoms with E-state index < -0.39 is 12.9 Å². The average molecular weight is 372 g/mol. The number of allylic oxidation sites excluding steroid dienone is 1. The number of hydrogen-bond acceptors (Lipinski definition) is 5. The number of alkyl halides is 2. The molecule has 2 heterocycles. The molecule has 3 rings (SSSR count). The second kappa shape index (κ2) is 9.21. The van der Waals surface area contributed by atoms with E-state index in [2.05, 4.69) is 26.5 Å². The molecule has 1 saturated heterocycles. The summed E-state index contributed by atoms with van der Waals surface area (Å²) in [5.41, 5.74) is 1.31. The van der Waals surface area contributed by atoms with Gasteiger partial charge < -0.3 is 14.2 Å². The van der Waals surface area contributed by atoms with Gasteiger partial charge >= 0.3 is 6.61 Å². The van der Waals surface area contributed by atoms with Crippen LogP contribution < -0.4 is 4.74 Å². The highest BCUT2D eigenvalue weighted by Crippen LogP contribution is 2.20. The quantitative estimate of drug-likeness (QED) is 0.606. The number of halogens is 2. The highest BCUT2D eigenvalue weighted by atomic mass is 19.3. The minimum atomic E-state index is -2.85. The third-order valence-electron chi connectivity index (χ3n) is 3.71. The molecule has 0 bridgehead atoms. The van der Waals surface area contributed by atoms with Gasteiger partial charge in [0, 0.05) is 23.9 Å². The van der Waals surface area contributed by atoms with Gasteiger partial charge in [0.25, 0.3) is 0 Å². The van der Waals surface area contributed by atoms with Crippen molar-refractivity contribution in [1.29, 1.82) is 0 Å². The van der Waals surface area contributed by atoms with Gasteiger partial charge in [-0.3, -0.25) is 0 Å². The van der Waals surface area contributed by atoms with E-state index in [-0.39, 0.29) is 11.7 Å². The third-order valence-corrected chi connectivity index (χ3v) is 3.71. The van der Waals surface area contributed by atoms with Gasteiger partial charge in [0.05, 0.1) is 18.8 Å². The van der Waals surface area contributed by atoms with Crippen LogP contribution in [0.2, 0.25) is 0 Å². The van der Waals surface area contributed by atoms with E-state index in [9.17, 15) is 8.78 Å². The lowest BCUT2D eigenvalue weighted by Crippen LogP contribution is -2.30. The van der Waals surface area contributed by atoms with Crippen molar-refractivity contribution in [1.82, 2.24) is 9.97 Å². The van der Waals surface area contributed by atoms with Crippen LogP contribution in [0.15, 0.2) is 48.8 Å². The topological polar surface area (TPSA) is 53.5 Å². The van der Waals surface area contributed by atoms with Crippen LogP contribution in [-0.4, -0.2) is 36.1 Å². The largest absolute Gasteiger partial charge is 0.435 e. The number of nitrogens with zero attached hydrogens (tertiary/aromatic N) is 2. The van der Waals surface area contributed by atoms with Crippen molar-refractivity contribution in [2.24, 2.45) is 5.92 Å². The molecule has 0 amide bonds. The fourth-order valence-electron chi connectivity index (χ4n) is 2.45. The molecule has 0 N–H and O–H groups in total. The fourth-order valence-corrected chi connectivity index (χ4v) is 2.45. The van der Waals surface area contributed by atoms with Crippen LogP contribution in [0.1, 0.15) is 12.5 Å². The van der Waals surface area contributed by atoms with E-state index in [4.69, 9.17) is 9.47 Å². The van der Waals surface area contributed by atoms with Gasteiger partial charge in [-0.05, 0) is 37.1 Å². The Morgan fingerprint density at radius 3 is 2.41 bits per heavy atom. The maximum Gasteiger partial charge on any atom is 0.387 e. The summed E-state index contributed by atoms with van der Waals surface area (Å²) in [6.07, 6.45) is 6.63. The molecule has 27 heavy (non-hydrogen) atoms. The maximum absolute atomic E-state index is 12.2. The molecule has 1 aliphatic rings. The van der Waals surface area contributed by atoms with Gasteiger partial charge in [-0.25, -0.2) is 9.97 Å². The SMILES string of the molecule is C/C=C/C1COC(C#Cc2cnc(-c3ccc(OC(F)F)cc3)nc2)OC1. The second-order valence-electron chi connectivity index (χ2n) is 5.75. The van der Waals surface area contributed by atoms with Gasteiger partial charge in [-0.2, -0.15) is 8.78 Å². The number of rotatable bonds is 4. The van der Waals surface area contributed by atoms with Gasteiger partial charge in [0.2, 0.25) is 6.29 Å². The van der Waals surface area contributed by atoms with Crippen molar-refractivity contribution in [2.75, 3.05) is 13.2 Å². The van der Waals surface area contributed by atoms with Gasteiger partial charge in [-0.1, -0.05) is 18.1 Å². The van der Waals surface area contributed by atoms with Crippen LogP contribution in [0, 0.1) is 17.8 Å². The predicted octanol–water partition coefficient (Wildman–Crippen LogP) is 3.66. The first-order valence-corrected chi connectivity index (χ1v) is 8.39. The molecule has 7 heteroatoms. The summed E-state index contributed by atoms with van der Waals surface area (Å²) in [7, 11) is 0. The first-order valence-electron chi connectivity index (χ1n) is 8.39. The van der Waals surface area contributed by atoms with Crippen LogP contribution in [0.5, 0.6) is 5.75 Å². The van der Waals surface area contributed by atoms with Crippen molar-refractivity contribution < 1.29 is 23.0 Å². The Kier molecular flexibility index (Phi) is 6.47. The number of hydrogen-bond donors (Lipinski definition) is 0. The summed E-state index contributed by atoms with van der Waals surface area (Å²) in [6, 6.07) is 6.11. The lowest BCUT2D eigenvalue weighted by atomic mass is 10.1. The highest BCUT2D eigenvalue weighted by molar-refractivity contribution is 5.56. The third kappa shape index (κ3) is 5.58. The molecule has 0 spiro atoms. The fraction of sp³-hybridized carbons (Fsp3) is 0.300. The lowest BCUT2D eigenvalue weighted by molar-refractivity contribution is -0.160. The Balaban J connectivity index is 1.60. The Bertz CT molecular complexity index is 819. The molecule has 1 aliphatic heterocycles. The molecule has 1 aromatic heterocycles. The van der Waals surface area contributed by atoms with Crippen molar-refractivity contribution in [2.45, 2.75) is 19.8 Å². The zero-order valence-electron chi connectivity index (χ0n) is 14.6. The molecule has 140 valence electrons. The number of ether oxygens (including phenoxy) is 3. The van der Waals surface area contributed by atoms with E-state index in [0.717, 1.165) is 0 Å². The Labute approximate surface area is 156 Å². The summed E-state index contributed by atoms with van der Waals surface area (Å²) in [5.74, 6) is 6.63. The molecule has 0 atom stereocenters. The molecule has 1 fully saturated rings. The standard InChI is InChI=1S/C20H18F2N2O3/c1-2-3-15-12-25-18(26-13-15)9-4-14-10-23-19(24-11-14)16-5-7-17(8-6-16)27-20(21)22/h2-3,5-8,10-11,15,18,20H,12-13H2,1H3/b3-2+. The molecular formula is C20H18F2N2O3. The molecule has 5 nitrogen and oxygen atoms in total. The molecule has 1 aromatic carbocycles. The first kappa shape index (κ1) is 19.0. The smallest absolute Gasteiger partial charge is 0.387 e. The minimum Gasteiger partial charge on any atom is -0.435 e. The number of benzene rings is 1. The summed E-state index contributed by atoms with van der Waals surface area (Å²) in [5, 5.41) is 0. The average Bonchev–Trinajstić information content (AvgIpc) is 2.68. The van der Waals surface area contributed by atoms with Crippen molar-refractivity contribution in [3.8, 4) is 29.0 Å². The van der Waals surface area contributed by atoms with E-state index in [1.807, 2.05) is 19.1 Å². The van der Waals surface area contributed by atoms with Crippen molar-refractivity contribution in [3.63, 3.8) is 0 Å².